The molecule has 2 heterocycles. The minimum Gasteiger partial charge on any atom is -0.316 e. The van der Waals surface area contributed by atoms with Crippen LogP contribution in [0.2, 0.25) is 0 Å². The monoisotopic (exact) mass is 177 g/mol. The smallest absolute Gasteiger partial charge is 0.258 e. The van der Waals surface area contributed by atoms with E-state index in [1.54, 1.807) is 29.1 Å². The standard InChI is InChI=1S/C9H11N3O/c1-7(2)11-5-3-8(13)12-6-4-10-9(11)12/h3-7H,1-2H3. The summed E-state index contributed by atoms with van der Waals surface area (Å²) in [5.41, 5.74) is -0.0376. The minimum absolute atomic E-state index is 0.0376. The summed E-state index contributed by atoms with van der Waals surface area (Å²) in [4.78, 5) is 15.5. The Labute approximate surface area is 75.5 Å². The van der Waals surface area contributed by atoms with Crippen LogP contribution in [0, 0.1) is 0 Å². The van der Waals surface area contributed by atoms with E-state index in [0.29, 0.717) is 11.8 Å². The highest BCUT2D eigenvalue weighted by Crippen LogP contribution is 2.06. The predicted octanol–water partition coefficient (Wildman–Crippen LogP) is 1.08. The number of hydrogen-bond donors (Lipinski definition) is 0. The van der Waals surface area contributed by atoms with Crippen LogP contribution in [0.1, 0.15) is 19.9 Å². The molecule has 2 rings (SSSR count). The zero-order valence-corrected chi connectivity index (χ0v) is 7.64. The van der Waals surface area contributed by atoms with Crippen LogP contribution in [-0.2, 0) is 0 Å². The summed E-state index contributed by atoms with van der Waals surface area (Å²) in [7, 11) is 0. The second-order valence-electron chi connectivity index (χ2n) is 3.25. The molecular weight excluding hydrogens is 166 g/mol. The molecule has 4 nitrogen and oxygen atoms in total. The summed E-state index contributed by atoms with van der Waals surface area (Å²) in [5.74, 6) is 0.697. The van der Waals surface area contributed by atoms with Crippen molar-refractivity contribution in [1.29, 1.82) is 0 Å². The summed E-state index contributed by atoms with van der Waals surface area (Å²) in [6.45, 7) is 4.11. The van der Waals surface area contributed by atoms with Crippen molar-refractivity contribution in [1.82, 2.24) is 14.0 Å². The fraction of sp³-hybridized carbons (Fsp3) is 0.333. The molecule has 13 heavy (non-hydrogen) atoms. The molecule has 0 fully saturated rings. The van der Waals surface area contributed by atoms with Gasteiger partial charge in [0.25, 0.3) is 5.56 Å². The van der Waals surface area contributed by atoms with E-state index in [0.717, 1.165) is 0 Å². The number of aromatic nitrogens is 3. The molecule has 0 aliphatic rings. The quantitative estimate of drug-likeness (QED) is 0.653. The van der Waals surface area contributed by atoms with Crippen LogP contribution in [0.4, 0.5) is 0 Å². The normalized spacial score (nSPS) is 11.3. The lowest BCUT2D eigenvalue weighted by molar-refractivity contribution is 0.599. The highest BCUT2D eigenvalue weighted by Gasteiger charge is 2.04. The molecule has 2 aromatic heterocycles. The zero-order valence-electron chi connectivity index (χ0n) is 7.64. The first-order valence-corrected chi connectivity index (χ1v) is 4.24. The summed E-state index contributed by atoms with van der Waals surface area (Å²) in [5, 5.41) is 0. The molecule has 0 aromatic carbocycles. The first kappa shape index (κ1) is 8.04. The van der Waals surface area contributed by atoms with Crippen LogP contribution in [0.3, 0.4) is 0 Å². The fourth-order valence-corrected chi connectivity index (χ4v) is 1.35. The van der Waals surface area contributed by atoms with Crippen LogP contribution < -0.4 is 5.56 Å². The average molecular weight is 177 g/mol. The number of rotatable bonds is 1. The van der Waals surface area contributed by atoms with E-state index in [9.17, 15) is 4.79 Å². The van der Waals surface area contributed by atoms with Gasteiger partial charge in [0, 0.05) is 30.7 Å². The molecule has 68 valence electrons. The average Bonchev–Trinajstić information content (AvgIpc) is 2.53. The predicted molar refractivity (Wildman–Crippen MR) is 49.8 cm³/mol. The third-order valence-electron chi connectivity index (χ3n) is 2.02. The second-order valence-corrected chi connectivity index (χ2v) is 3.25. The van der Waals surface area contributed by atoms with E-state index < -0.39 is 0 Å². The van der Waals surface area contributed by atoms with Crippen LogP contribution >= 0.6 is 0 Å². The van der Waals surface area contributed by atoms with Gasteiger partial charge in [0.2, 0.25) is 5.78 Å². The van der Waals surface area contributed by atoms with Gasteiger partial charge in [0.05, 0.1) is 0 Å². The lowest BCUT2D eigenvalue weighted by Gasteiger charge is -2.10. The van der Waals surface area contributed by atoms with Crippen molar-refractivity contribution >= 4 is 5.78 Å². The van der Waals surface area contributed by atoms with Crippen LogP contribution in [-0.4, -0.2) is 14.0 Å². The molecule has 0 N–H and O–H groups in total. The Morgan fingerprint density at radius 1 is 1.38 bits per heavy atom. The summed E-state index contributed by atoms with van der Waals surface area (Å²) < 4.78 is 3.50. The number of hydrogen-bond acceptors (Lipinski definition) is 2. The molecule has 0 amide bonds. The maximum absolute atomic E-state index is 11.3. The van der Waals surface area contributed by atoms with Crippen molar-refractivity contribution in [2.75, 3.05) is 0 Å². The van der Waals surface area contributed by atoms with Crippen molar-refractivity contribution < 1.29 is 0 Å². The molecule has 2 aromatic rings. The highest BCUT2D eigenvalue weighted by atomic mass is 16.1. The minimum atomic E-state index is -0.0376. The maximum atomic E-state index is 11.3. The van der Waals surface area contributed by atoms with Crippen molar-refractivity contribution in [2.45, 2.75) is 19.9 Å². The van der Waals surface area contributed by atoms with E-state index in [2.05, 4.69) is 18.8 Å². The number of imidazole rings is 1. The van der Waals surface area contributed by atoms with Gasteiger partial charge in [-0.15, -0.1) is 0 Å². The summed E-state index contributed by atoms with van der Waals surface area (Å²) >= 11 is 0. The van der Waals surface area contributed by atoms with E-state index >= 15 is 0 Å². The fourth-order valence-electron chi connectivity index (χ4n) is 1.35. The highest BCUT2D eigenvalue weighted by molar-refractivity contribution is 5.29. The number of nitrogens with zero attached hydrogens (tertiary/aromatic N) is 3. The summed E-state index contributed by atoms with van der Waals surface area (Å²) in [6.07, 6.45) is 5.08. The van der Waals surface area contributed by atoms with Crippen LogP contribution in [0.25, 0.3) is 5.78 Å². The van der Waals surface area contributed by atoms with E-state index in [1.165, 1.54) is 0 Å². The number of fused-ring (bicyclic) bond motifs is 1. The molecular formula is C9H11N3O. The van der Waals surface area contributed by atoms with Gasteiger partial charge in [-0.25, -0.2) is 4.98 Å². The van der Waals surface area contributed by atoms with E-state index in [-0.39, 0.29) is 5.56 Å². The first-order valence-electron chi connectivity index (χ1n) is 4.24. The van der Waals surface area contributed by atoms with Crippen molar-refractivity contribution in [3.8, 4) is 0 Å². The van der Waals surface area contributed by atoms with Crippen molar-refractivity contribution in [3.63, 3.8) is 0 Å². The Kier molecular flexibility index (Phi) is 1.69. The van der Waals surface area contributed by atoms with Gasteiger partial charge in [-0.2, -0.15) is 0 Å². The maximum Gasteiger partial charge on any atom is 0.258 e. The molecule has 0 saturated heterocycles. The Hall–Kier alpha value is -1.58. The topological polar surface area (TPSA) is 39.3 Å². The van der Waals surface area contributed by atoms with E-state index in [4.69, 9.17) is 0 Å². The van der Waals surface area contributed by atoms with Gasteiger partial charge in [0.15, 0.2) is 0 Å². The molecule has 0 atom stereocenters. The third kappa shape index (κ3) is 1.14. The molecule has 0 bridgehead atoms. The SMILES string of the molecule is CC(C)n1ccc(=O)n2ccnc12. The Morgan fingerprint density at radius 3 is 2.85 bits per heavy atom. The molecule has 0 aliphatic heterocycles. The first-order chi connectivity index (χ1) is 6.20. The van der Waals surface area contributed by atoms with Gasteiger partial charge in [0.1, 0.15) is 0 Å². The van der Waals surface area contributed by atoms with Gasteiger partial charge >= 0.3 is 0 Å². The molecule has 0 radical (unpaired) electrons. The molecule has 0 aliphatic carbocycles. The molecule has 0 spiro atoms. The van der Waals surface area contributed by atoms with Crippen molar-refractivity contribution in [3.05, 3.63) is 35.0 Å². The lowest BCUT2D eigenvalue weighted by atomic mass is 10.4. The Balaban J connectivity index is 2.86. The van der Waals surface area contributed by atoms with Gasteiger partial charge < -0.3 is 4.57 Å². The molecule has 0 saturated carbocycles. The van der Waals surface area contributed by atoms with E-state index in [1.807, 2.05) is 4.57 Å². The Bertz CT molecular complexity index is 481. The molecule has 4 heteroatoms. The van der Waals surface area contributed by atoms with Crippen molar-refractivity contribution in [2.24, 2.45) is 0 Å². The summed E-state index contributed by atoms with van der Waals surface area (Å²) in [6, 6.07) is 1.86. The molecule has 0 unspecified atom stereocenters. The van der Waals surface area contributed by atoms with Gasteiger partial charge in [-0.3, -0.25) is 9.20 Å². The zero-order chi connectivity index (χ0) is 9.42. The Morgan fingerprint density at radius 2 is 2.15 bits per heavy atom. The second kappa shape index (κ2) is 2.73. The van der Waals surface area contributed by atoms with Gasteiger partial charge in [-0.05, 0) is 13.8 Å². The largest absolute Gasteiger partial charge is 0.316 e. The third-order valence-corrected chi connectivity index (χ3v) is 2.02. The van der Waals surface area contributed by atoms with Crippen LogP contribution in [0.15, 0.2) is 29.5 Å². The van der Waals surface area contributed by atoms with Crippen LogP contribution in [0.5, 0.6) is 0 Å². The lowest BCUT2D eigenvalue weighted by Crippen LogP contribution is -2.16. The van der Waals surface area contributed by atoms with Gasteiger partial charge in [-0.1, -0.05) is 0 Å².